The maximum absolute atomic E-state index is 4.20. The topological polar surface area (TPSA) is 30.7 Å². The first-order valence-electron chi connectivity index (χ1n) is 6.94. The molecule has 0 aromatic carbocycles. The zero-order valence-electron chi connectivity index (χ0n) is 14.0. The van der Waals surface area contributed by atoms with E-state index >= 15 is 0 Å². The van der Waals surface area contributed by atoms with Crippen molar-refractivity contribution in [2.45, 2.75) is 66.3 Å². The SMILES string of the molecule is Cc1nccn1C(C)(C)C.Cc1ncsc1C(C)(C)C. The molecule has 0 fully saturated rings. The minimum atomic E-state index is 0.167. The van der Waals surface area contributed by atoms with Crippen LogP contribution < -0.4 is 0 Å². The Morgan fingerprint density at radius 1 is 1.00 bits per heavy atom. The molecule has 0 saturated heterocycles. The van der Waals surface area contributed by atoms with E-state index in [4.69, 9.17) is 0 Å². The number of rotatable bonds is 0. The van der Waals surface area contributed by atoms with Crippen LogP contribution >= 0.6 is 11.3 Å². The number of aromatic nitrogens is 3. The van der Waals surface area contributed by atoms with Gasteiger partial charge in [-0.2, -0.15) is 0 Å². The molecule has 3 nitrogen and oxygen atoms in total. The van der Waals surface area contributed by atoms with Crippen molar-refractivity contribution in [2.24, 2.45) is 0 Å². The fourth-order valence-corrected chi connectivity index (χ4v) is 3.00. The summed E-state index contributed by atoms with van der Waals surface area (Å²) in [7, 11) is 0. The highest BCUT2D eigenvalue weighted by atomic mass is 32.1. The molecule has 0 atom stereocenters. The van der Waals surface area contributed by atoms with Crippen LogP contribution in [0.2, 0.25) is 0 Å². The highest BCUT2D eigenvalue weighted by Crippen LogP contribution is 2.28. The van der Waals surface area contributed by atoms with Crippen molar-refractivity contribution in [3.8, 4) is 0 Å². The fraction of sp³-hybridized carbons (Fsp3) is 0.625. The molecular formula is C16H27N3S. The molecule has 0 N–H and O–H groups in total. The van der Waals surface area contributed by atoms with Crippen molar-refractivity contribution in [1.29, 1.82) is 0 Å². The maximum Gasteiger partial charge on any atom is 0.105 e. The summed E-state index contributed by atoms with van der Waals surface area (Å²) in [4.78, 5) is 9.74. The number of hydrogen-bond donors (Lipinski definition) is 0. The van der Waals surface area contributed by atoms with Gasteiger partial charge < -0.3 is 4.57 Å². The van der Waals surface area contributed by atoms with Crippen molar-refractivity contribution in [3.63, 3.8) is 0 Å². The Bertz CT molecular complexity index is 488. The van der Waals surface area contributed by atoms with E-state index < -0.39 is 0 Å². The zero-order chi connectivity index (χ0) is 15.6. The van der Waals surface area contributed by atoms with Crippen molar-refractivity contribution in [1.82, 2.24) is 14.5 Å². The highest BCUT2D eigenvalue weighted by Gasteiger charge is 2.17. The standard InChI is InChI=1S/C8H14N2.C8H13NS/c1-7-9-5-6-10(7)8(2,3)4;1-6-7(8(2,3)4)10-5-9-6/h5-6H,1-4H3;5H,1-4H3. The van der Waals surface area contributed by atoms with E-state index in [1.807, 2.05) is 24.8 Å². The van der Waals surface area contributed by atoms with Crippen molar-refractivity contribution >= 4 is 11.3 Å². The second-order valence-electron chi connectivity index (χ2n) is 7.03. The Kier molecular flexibility index (Phi) is 5.14. The van der Waals surface area contributed by atoms with Gasteiger partial charge in [-0.05, 0) is 40.0 Å². The van der Waals surface area contributed by atoms with Crippen LogP contribution in [-0.2, 0) is 11.0 Å². The first kappa shape index (κ1) is 16.9. The molecule has 0 saturated carbocycles. The number of imidazole rings is 1. The molecule has 0 aliphatic rings. The van der Waals surface area contributed by atoms with Crippen LogP contribution in [0.1, 0.15) is 57.9 Å². The summed E-state index contributed by atoms with van der Waals surface area (Å²) in [6.45, 7) is 17.2. The molecule has 2 heterocycles. The normalized spacial score (nSPS) is 12.0. The molecule has 112 valence electrons. The molecule has 0 aliphatic carbocycles. The molecule has 0 unspecified atom stereocenters. The van der Waals surface area contributed by atoms with Crippen molar-refractivity contribution < 1.29 is 0 Å². The lowest BCUT2D eigenvalue weighted by molar-refractivity contribution is 0.388. The molecule has 2 aromatic heterocycles. The number of thiazole rings is 1. The van der Waals surface area contributed by atoms with Crippen LogP contribution in [0.5, 0.6) is 0 Å². The molecule has 2 rings (SSSR count). The summed E-state index contributed by atoms with van der Waals surface area (Å²) in [6.07, 6.45) is 3.84. The van der Waals surface area contributed by atoms with E-state index in [0.29, 0.717) is 0 Å². The Balaban J connectivity index is 0.000000200. The summed E-state index contributed by atoms with van der Waals surface area (Å²) < 4.78 is 2.16. The third-order valence-corrected chi connectivity index (χ3v) is 4.33. The minimum absolute atomic E-state index is 0.167. The lowest BCUT2D eigenvalue weighted by atomic mass is 9.94. The van der Waals surface area contributed by atoms with E-state index in [-0.39, 0.29) is 11.0 Å². The lowest BCUT2D eigenvalue weighted by Crippen LogP contribution is -2.21. The van der Waals surface area contributed by atoms with E-state index in [2.05, 4.69) is 63.0 Å². The molecule has 4 heteroatoms. The monoisotopic (exact) mass is 293 g/mol. The summed E-state index contributed by atoms with van der Waals surface area (Å²) in [6, 6.07) is 0. The van der Waals surface area contributed by atoms with Crippen molar-refractivity contribution in [3.05, 3.63) is 34.3 Å². The average molecular weight is 293 g/mol. The van der Waals surface area contributed by atoms with E-state index in [0.717, 1.165) is 5.82 Å². The van der Waals surface area contributed by atoms with Gasteiger partial charge in [0.1, 0.15) is 5.82 Å². The Morgan fingerprint density at radius 2 is 1.60 bits per heavy atom. The van der Waals surface area contributed by atoms with Gasteiger partial charge in [-0.1, -0.05) is 20.8 Å². The van der Waals surface area contributed by atoms with Crippen LogP contribution in [0.4, 0.5) is 0 Å². The Hall–Kier alpha value is -1.16. The predicted molar refractivity (Wildman–Crippen MR) is 87.5 cm³/mol. The lowest BCUT2D eigenvalue weighted by Gasteiger charge is -2.21. The molecule has 0 radical (unpaired) electrons. The summed E-state index contributed by atoms with van der Waals surface area (Å²) in [5.74, 6) is 1.08. The third-order valence-electron chi connectivity index (χ3n) is 2.98. The highest BCUT2D eigenvalue weighted by molar-refractivity contribution is 7.09. The quantitative estimate of drug-likeness (QED) is 0.705. The number of nitrogens with zero attached hydrogens (tertiary/aromatic N) is 3. The van der Waals surface area contributed by atoms with Gasteiger partial charge in [0, 0.05) is 22.8 Å². The minimum Gasteiger partial charge on any atom is -0.330 e. The van der Waals surface area contributed by atoms with E-state index in [9.17, 15) is 0 Å². The van der Waals surface area contributed by atoms with E-state index in [1.165, 1.54) is 10.6 Å². The summed E-state index contributed by atoms with van der Waals surface area (Å²) >= 11 is 1.75. The predicted octanol–water partition coefficient (Wildman–Crippen LogP) is 4.70. The van der Waals surface area contributed by atoms with E-state index in [1.54, 1.807) is 11.3 Å². The number of aryl methyl sites for hydroxylation is 2. The van der Waals surface area contributed by atoms with Crippen LogP contribution in [0, 0.1) is 13.8 Å². The summed E-state index contributed by atoms with van der Waals surface area (Å²) in [5, 5.41) is 0. The fourth-order valence-electron chi connectivity index (χ4n) is 2.11. The average Bonchev–Trinajstić information content (AvgIpc) is 2.85. The van der Waals surface area contributed by atoms with Gasteiger partial charge in [0.15, 0.2) is 0 Å². The van der Waals surface area contributed by atoms with Gasteiger partial charge in [0.2, 0.25) is 0 Å². The van der Waals surface area contributed by atoms with Crippen LogP contribution in [0.3, 0.4) is 0 Å². The van der Waals surface area contributed by atoms with Gasteiger partial charge in [0.05, 0.1) is 11.2 Å². The van der Waals surface area contributed by atoms with Gasteiger partial charge in [-0.15, -0.1) is 11.3 Å². The smallest absolute Gasteiger partial charge is 0.105 e. The Morgan fingerprint density at radius 3 is 1.80 bits per heavy atom. The van der Waals surface area contributed by atoms with Crippen molar-refractivity contribution in [2.75, 3.05) is 0 Å². The first-order chi connectivity index (χ1) is 9.03. The first-order valence-corrected chi connectivity index (χ1v) is 7.82. The molecule has 0 aliphatic heterocycles. The Labute approximate surface area is 127 Å². The van der Waals surface area contributed by atoms with Crippen LogP contribution in [-0.4, -0.2) is 14.5 Å². The van der Waals surface area contributed by atoms with Crippen LogP contribution in [0.25, 0.3) is 0 Å². The van der Waals surface area contributed by atoms with Crippen LogP contribution in [0.15, 0.2) is 17.9 Å². The van der Waals surface area contributed by atoms with Gasteiger partial charge in [-0.3, -0.25) is 0 Å². The maximum atomic E-state index is 4.20. The summed E-state index contributed by atoms with van der Waals surface area (Å²) in [5.41, 5.74) is 3.53. The molecule has 2 aromatic rings. The molecule has 20 heavy (non-hydrogen) atoms. The number of hydrogen-bond acceptors (Lipinski definition) is 3. The molecule has 0 spiro atoms. The molecule has 0 bridgehead atoms. The van der Waals surface area contributed by atoms with Gasteiger partial charge in [-0.25, -0.2) is 9.97 Å². The second-order valence-corrected chi connectivity index (χ2v) is 7.89. The molecule has 0 amide bonds. The second kappa shape index (κ2) is 6.08. The molecular weight excluding hydrogens is 266 g/mol. The van der Waals surface area contributed by atoms with Gasteiger partial charge >= 0.3 is 0 Å². The zero-order valence-corrected chi connectivity index (χ0v) is 14.8. The third kappa shape index (κ3) is 4.44. The largest absolute Gasteiger partial charge is 0.330 e. The van der Waals surface area contributed by atoms with Gasteiger partial charge in [0.25, 0.3) is 0 Å².